The molecule has 0 bridgehead atoms. The maximum absolute atomic E-state index is 9.83. The summed E-state index contributed by atoms with van der Waals surface area (Å²) in [7, 11) is 0. The molecule has 5 heavy (non-hydrogen) atoms. The van der Waals surface area contributed by atoms with E-state index in [4.69, 9.17) is 0 Å². The van der Waals surface area contributed by atoms with Gasteiger partial charge in [0.15, 0.2) is 0 Å². The van der Waals surface area contributed by atoms with E-state index in [1.165, 1.54) is 0 Å². The molecular formula is AgF4. The summed E-state index contributed by atoms with van der Waals surface area (Å²) in [5.41, 5.74) is 0. The van der Waals surface area contributed by atoms with Gasteiger partial charge in [-0.2, -0.15) is 0 Å². The van der Waals surface area contributed by atoms with Crippen LogP contribution >= 0.6 is 0 Å². The molecule has 0 heterocycles. The van der Waals surface area contributed by atoms with Gasteiger partial charge >= 0.3 is 31.4 Å². The quantitative estimate of drug-likeness (QED) is 0.396. The van der Waals surface area contributed by atoms with Crippen molar-refractivity contribution < 1.29 is 31.4 Å². The molecule has 0 radical (unpaired) electrons. The fourth-order valence-electron chi connectivity index (χ4n) is 0. The second kappa shape index (κ2) is 1.28. The molecule has 0 N–H and O–H groups in total. The Morgan fingerprint density at radius 3 is 0.800 bits per heavy atom. The van der Waals surface area contributed by atoms with E-state index < -0.39 is 19.3 Å². The molecule has 0 atom stereocenters. The van der Waals surface area contributed by atoms with Crippen molar-refractivity contribution in [1.29, 1.82) is 0 Å². The van der Waals surface area contributed by atoms with E-state index in [1.807, 2.05) is 0 Å². The van der Waals surface area contributed by atoms with Crippen LogP contribution in [0.25, 0.3) is 0 Å². The van der Waals surface area contributed by atoms with E-state index in [0.29, 0.717) is 0 Å². The van der Waals surface area contributed by atoms with Crippen molar-refractivity contribution in [3.63, 3.8) is 0 Å². The SMILES string of the molecule is [F][Ag]([F])([F])[F]. The standard InChI is InChI=1S/Ag.4FH/h;4*1H/q+4;;;;/p-4. The summed E-state index contributed by atoms with van der Waals surface area (Å²) in [4.78, 5) is 0. The van der Waals surface area contributed by atoms with Gasteiger partial charge in [0.25, 0.3) is 0 Å². The summed E-state index contributed by atoms with van der Waals surface area (Å²) in [6.07, 6.45) is 0. The van der Waals surface area contributed by atoms with Gasteiger partial charge in [-0.1, -0.05) is 0 Å². The Labute approximate surface area is 32.1 Å². The number of hydrogen-bond acceptors (Lipinski definition) is 0. The van der Waals surface area contributed by atoms with Gasteiger partial charge in [0.05, 0.1) is 0 Å². The molecular weight excluding hydrogens is 184 g/mol. The Morgan fingerprint density at radius 2 is 0.800 bits per heavy atom. The molecule has 0 unspecified atom stereocenters. The van der Waals surface area contributed by atoms with E-state index in [1.54, 1.807) is 0 Å². The first kappa shape index (κ1) is 5.46. The average Bonchev–Trinajstić information content (AvgIpc) is 0.722. The van der Waals surface area contributed by atoms with Gasteiger partial charge in [-0.3, -0.25) is 0 Å². The molecule has 0 saturated carbocycles. The van der Waals surface area contributed by atoms with Crippen molar-refractivity contribution in [2.24, 2.45) is 0 Å². The number of rotatable bonds is 0. The monoisotopic (exact) mass is 183 g/mol. The third-order valence-electron chi connectivity index (χ3n) is 0. The summed E-state index contributed by atoms with van der Waals surface area (Å²) >= 11 is -6.62. The third-order valence-corrected chi connectivity index (χ3v) is 0. The second-order valence-electron chi connectivity index (χ2n) is 0.258. The first-order valence-corrected chi connectivity index (χ1v) is 2.70. The van der Waals surface area contributed by atoms with Crippen LogP contribution in [0.5, 0.6) is 0 Å². The number of halogens is 4. The molecule has 0 aliphatic heterocycles. The summed E-state index contributed by atoms with van der Waals surface area (Å²) in [5.74, 6) is 0. The summed E-state index contributed by atoms with van der Waals surface area (Å²) < 4.78 is 39.3. The molecule has 0 aliphatic rings. The van der Waals surface area contributed by atoms with Crippen LogP contribution in [0, 0.1) is 0 Å². The van der Waals surface area contributed by atoms with Crippen LogP contribution in [0.4, 0.5) is 12.1 Å². The molecule has 0 amide bonds. The van der Waals surface area contributed by atoms with Crippen LogP contribution in [-0.2, 0) is 19.3 Å². The van der Waals surface area contributed by atoms with Gasteiger partial charge in [-0.15, -0.1) is 0 Å². The van der Waals surface area contributed by atoms with Crippen LogP contribution in [0.2, 0.25) is 0 Å². The molecule has 39 valence electrons. The third kappa shape index (κ3) is 127. The van der Waals surface area contributed by atoms with Gasteiger partial charge in [-0.25, -0.2) is 0 Å². The molecule has 0 aromatic rings. The van der Waals surface area contributed by atoms with Crippen LogP contribution < -0.4 is 0 Å². The topological polar surface area (TPSA) is 0 Å². The summed E-state index contributed by atoms with van der Waals surface area (Å²) in [6, 6.07) is 0. The van der Waals surface area contributed by atoms with E-state index in [-0.39, 0.29) is 0 Å². The van der Waals surface area contributed by atoms with E-state index in [0.717, 1.165) is 0 Å². The molecule has 0 aliphatic carbocycles. The molecule has 0 nitrogen and oxygen atoms in total. The fourth-order valence-corrected chi connectivity index (χ4v) is 0. The number of hydrogen-bond donors (Lipinski definition) is 0. The second-order valence-corrected chi connectivity index (χ2v) is 1.53. The van der Waals surface area contributed by atoms with Crippen molar-refractivity contribution in [2.45, 2.75) is 0 Å². The maximum atomic E-state index is 9.83. The van der Waals surface area contributed by atoms with E-state index >= 15 is 0 Å². The van der Waals surface area contributed by atoms with Crippen LogP contribution in [0.15, 0.2) is 0 Å². The summed E-state index contributed by atoms with van der Waals surface area (Å²) in [5, 5.41) is 0. The van der Waals surface area contributed by atoms with Crippen molar-refractivity contribution in [1.82, 2.24) is 0 Å². The molecule has 0 fully saturated rings. The first-order chi connectivity index (χ1) is 2.00. The van der Waals surface area contributed by atoms with Crippen molar-refractivity contribution in [3.8, 4) is 0 Å². The Bertz CT molecular complexity index is 19.1. The minimum atomic E-state index is -6.62. The van der Waals surface area contributed by atoms with Gasteiger partial charge < -0.3 is 0 Å². The van der Waals surface area contributed by atoms with Crippen molar-refractivity contribution >= 4 is 0 Å². The average molecular weight is 184 g/mol. The zero-order chi connectivity index (χ0) is 4.50. The Kier molecular flexibility index (Phi) is 1.40. The Morgan fingerprint density at radius 1 is 0.800 bits per heavy atom. The molecule has 0 aromatic heterocycles. The summed E-state index contributed by atoms with van der Waals surface area (Å²) in [6.45, 7) is 0. The van der Waals surface area contributed by atoms with Gasteiger partial charge in [0.1, 0.15) is 0 Å². The van der Waals surface area contributed by atoms with Crippen molar-refractivity contribution in [2.75, 3.05) is 0 Å². The normalized spacial score (nSPS) is 15.2. The van der Waals surface area contributed by atoms with Crippen LogP contribution in [0.3, 0.4) is 0 Å². The predicted octanol–water partition coefficient (Wildman–Crippen LogP) is 1.68. The van der Waals surface area contributed by atoms with Crippen molar-refractivity contribution in [3.05, 3.63) is 0 Å². The van der Waals surface area contributed by atoms with Crippen LogP contribution in [0.1, 0.15) is 0 Å². The molecule has 5 heteroatoms. The van der Waals surface area contributed by atoms with Gasteiger partial charge in [0.2, 0.25) is 0 Å². The first-order valence-electron chi connectivity index (χ1n) is 0.456. The van der Waals surface area contributed by atoms with E-state index in [9.17, 15) is 12.1 Å². The zero-order valence-electron chi connectivity index (χ0n) is 1.81. The molecule has 0 aromatic carbocycles. The minimum absolute atomic E-state index is 6.62. The Hall–Kier alpha value is 0.460. The fraction of sp³-hybridized carbons (Fsp3) is 0. The Balaban J connectivity index is 3.02. The molecule has 0 saturated heterocycles. The van der Waals surface area contributed by atoms with E-state index in [2.05, 4.69) is 0 Å². The van der Waals surface area contributed by atoms with Crippen LogP contribution in [-0.4, -0.2) is 0 Å². The zero-order valence-corrected chi connectivity index (χ0v) is 3.30. The predicted molar refractivity (Wildman–Crippen MR) is 4.43 cm³/mol. The molecule has 0 rings (SSSR count). The van der Waals surface area contributed by atoms with Gasteiger partial charge in [-0.05, 0) is 0 Å². The molecule has 0 spiro atoms. The van der Waals surface area contributed by atoms with Gasteiger partial charge in [0, 0.05) is 0 Å².